The van der Waals surface area contributed by atoms with Crippen LogP contribution in [-0.4, -0.2) is 41.9 Å². The lowest BCUT2D eigenvalue weighted by atomic mass is 9.33. The number of carbonyl (C=O) groups is 3. The summed E-state index contributed by atoms with van der Waals surface area (Å²) in [6.45, 7) is 22.5. The molecule has 0 bridgehead atoms. The molecule has 5 aliphatic rings. The number of fused-ring (bicyclic) bond motifs is 7. The molecule has 6 nitrogen and oxygen atoms in total. The molecule has 0 aromatic heterocycles. The molecule has 0 saturated heterocycles. The Labute approximate surface area is 227 Å². The third-order valence-corrected chi connectivity index (χ3v) is 12.7. The van der Waals surface area contributed by atoms with E-state index < -0.39 is 39.2 Å². The number of esters is 1. The maximum atomic E-state index is 14.4. The standard InChI is InChI=1S/C32H45NO5/c1-27(2)10-12-32(26(37)38-9)13-11-30(6)23(18(32)15-27)20(34)14-22-29(5)16-19(33-8)25(36)28(3,4)24(29)21(35)17-31(22,30)7/h14,18-19,21,23-24,35H,10-13,15-17H2,1-7,9H3/t18-,19?,21+,23-,24-,29+,30+,31+,32-/m0/s1. The number of hydrogen-bond donors (Lipinski definition) is 1. The molecule has 4 saturated carbocycles. The Morgan fingerprint density at radius 2 is 1.63 bits per heavy atom. The highest BCUT2D eigenvalue weighted by Gasteiger charge is 2.73. The fraction of sp³-hybridized carbons (Fsp3) is 0.812. The topological polar surface area (TPSA) is 85.0 Å². The maximum absolute atomic E-state index is 14.4. The number of ketones is 2. The molecule has 1 N–H and O–H groups in total. The predicted octanol–water partition coefficient (Wildman–Crippen LogP) is 5.58. The zero-order chi connectivity index (χ0) is 28.3. The molecule has 38 heavy (non-hydrogen) atoms. The third kappa shape index (κ3) is 3.17. The molecule has 6 heteroatoms. The van der Waals surface area contributed by atoms with Gasteiger partial charge < -0.3 is 14.7 Å². The van der Waals surface area contributed by atoms with Crippen LogP contribution in [0.1, 0.15) is 93.4 Å². The highest BCUT2D eigenvalue weighted by atomic mass is 16.5. The van der Waals surface area contributed by atoms with Crippen LogP contribution >= 0.6 is 0 Å². The normalized spacial score (nSPS) is 48.8. The minimum atomic E-state index is -0.870. The Morgan fingerprint density at radius 1 is 1.00 bits per heavy atom. The van der Waals surface area contributed by atoms with Crippen molar-refractivity contribution in [3.63, 3.8) is 0 Å². The number of allylic oxidation sites excluding steroid dienone is 2. The highest BCUT2D eigenvalue weighted by molar-refractivity contribution is 5.97. The Bertz CT molecular complexity index is 1180. The monoisotopic (exact) mass is 523 g/mol. The van der Waals surface area contributed by atoms with Gasteiger partial charge in [-0.05, 0) is 66.8 Å². The van der Waals surface area contributed by atoms with Gasteiger partial charge in [-0.2, -0.15) is 0 Å². The molecule has 0 aromatic rings. The van der Waals surface area contributed by atoms with Crippen LogP contribution in [0.25, 0.3) is 4.85 Å². The van der Waals surface area contributed by atoms with Crippen molar-refractivity contribution >= 4 is 17.5 Å². The van der Waals surface area contributed by atoms with Crippen molar-refractivity contribution in [3.05, 3.63) is 23.1 Å². The fourth-order valence-corrected chi connectivity index (χ4v) is 10.8. The molecule has 0 aliphatic heterocycles. The quantitative estimate of drug-likeness (QED) is 0.358. The zero-order valence-electron chi connectivity index (χ0n) is 24.4. The second kappa shape index (κ2) is 8.03. The van der Waals surface area contributed by atoms with Crippen LogP contribution in [0.15, 0.2) is 11.6 Å². The SMILES string of the molecule is [C-]#[N+]C1C[C@]2(C)C3=CC(=O)[C@@H]4[C@@H]5CC(C)(C)CC[C@]5(C(=O)OC)CC[C@@]4(C)[C@]3(C)C[C@@H](O)[C@H]2C(C)(C)C1=O. The maximum Gasteiger partial charge on any atom is 0.312 e. The van der Waals surface area contributed by atoms with Crippen molar-refractivity contribution in [1.82, 2.24) is 0 Å². The Kier molecular flexibility index (Phi) is 5.82. The summed E-state index contributed by atoms with van der Waals surface area (Å²) >= 11 is 0. The van der Waals surface area contributed by atoms with Gasteiger partial charge in [0.2, 0.25) is 5.78 Å². The van der Waals surface area contributed by atoms with Crippen LogP contribution in [0.5, 0.6) is 0 Å². The van der Waals surface area contributed by atoms with Gasteiger partial charge in [-0.1, -0.05) is 54.0 Å². The average molecular weight is 524 g/mol. The zero-order valence-corrected chi connectivity index (χ0v) is 24.4. The number of Topliss-reactive ketones (excluding diaryl/α,β-unsaturated/α-hetero) is 1. The molecular weight excluding hydrogens is 478 g/mol. The largest absolute Gasteiger partial charge is 0.469 e. The van der Waals surface area contributed by atoms with Crippen LogP contribution in [0.4, 0.5) is 0 Å². The summed E-state index contributed by atoms with van der Waals surface area (Å²) in [5.74, 6) is -1.04. The first-order chi connectivity index (χ1) is 17.4. The fourth-order valence-electron chi connectivity index (χ4n) is 10.8. The van der Waals surface area contributed by atoms with Crippen molar-refractivity contribution in [2.24, 2.45) is 50.2 Å². The van der Waals surface area contributed by atoms with Gasteiger partial charge in [-0.25, -0.2) is 6.57 Å². The van der Waals surface area contributed by atoms with E-state index in [1.54, 1.807) is 0 Å². The van der Waals surface area contributed by atoms with E-state index in [1.807, 2.05) is 19.9 Å². The molecule has 208 valence electrons. The molecule has 5 aliphatic carbocycles. The molecule has 0 spiro atoms. The van der Waals surface area contributed by atoms with Gasteiger partial charge in [0.1, 0.15) is 0 Å². The number of carbonyl (C=O) groups excluding carboxylic acids is 3. The molecule has 4 fully saturated rings. The van der Waals surface area contributed by atoms with Gasteiger partial charge in [0.05, 0.1) is 18.6 Å². The first-order valence-corrected chi connectivity index (χ1v) is 14.4. The van der Waals surface area contributed by atoms with Gasteiger partial charge in [-0.3, -0.25) is 14.4 Å². The van der Waals surface area contributed by atoms with Crippen LogP contribution in [0.3, 0.4) is 0 Å². The highest BCUT2D eigenvalue weighted by Crippen LogP contribution is 2.75. The summed E-state index contributed by atoms with van der Waals surface area (Å²) in [5.41, 5.74) is -2.10. The van der Waals surface area contributed by atoms with E-state index in [1.165, 1.54) is 7.11 Å². The number of nitrogens with zero attached hydrogens (tertiary/aromatic N) is 1. The molecule has 5 rings (SSSR count). The van der Waals surface area contributed by atoms with E-state index in [0.29, 0.717) is 25.7 Å². The van der Waals surface area contributed by atoms with Crippen LogP contribution in [0.2, 0.25) is 0 Å². The van der Waals surface area contributed by atoms with E-state index in [9.17, 15) is 19.5 Å². The second-order valence-corrected chi connectivity index (χ2v) is 15.4. The summed E-state index contributed by atoms with van der Waals surface area (Å²) in [5, 5.41) is 11.8. The molecule has 0 amide bonds. The number of hydrogen-bond acceptors (Lipinski definition) is 5. The number of rotatable bonds is 1. The van der Waals surface area contributed by atoms with Crippen LogP contribution in [-0.2, 0) is 19.1 Å². The van der Waals surface area contributed by atoms with E-state index in [4.69, 9.17) is 11.3 Å². The van der Waals surface area contributed by atoms with E-state index in [2.05, 4.69) is 39.5 Å². The Morgan fingerprint density at radius 3 is 2.24 bits per heavy atom. The van der Waals surface area contributed by atoms with Gasteiger partial charge in [0.15, 0.2) is 5.78 Å². The summed E-state index contributed by atoms with van der Waals surface area (Å²) < 4.78 is 5.39. The molecular formula is C32H45NO5. The molecule has 9 atom stereocenters. The van der Waals surface area contributed by atoms with Crippen molar-refractivity contribution in [1.29, 1.82) is 0 Å². The Hall–Kier alpha value is -2.00. The van der Waals surface area contributed by atoms with E-state index >= 15 is 0 Å². The van der Waals surface area contributed by atoms with Crippen LogP contribution < -0.4 is 0 Å². The van der Waals surface area contributed by atoms with E-state index in [-0.39, 0.29) is 40.7 Å². The van der Waals surface area contributed by atoms with Gasteiger partial charge in [-0.15, -0.1) is 0 Å². The average Bonchev–Trinajstić information content (AvgIpc) is 2.82. The minimum Gasteiger partial charge on any atom is -0.469 e. The molecule has 0 heterocycles. The lowest BCUT2D eigenvalue weighted by molar-refractivity contribution is -0.201. The first-order valence-electron chi connectivity index (χ1n) is 14.4. The summed E-state index contributed by atoms with van der Waals surface area (Å²) in [4.78, 5) is 44.8. The third-order valence-electron chi connectivity index (χ3n) is 12.7. The summed E-state index contributed by atoms with van der Waals surface area (Å²) in [6, 6.07) is -0.778. The molecule has 0 radical (unpaired) electrons. The predicted molar refractivity (Wildman–Crippen MR) is 144 cm³/mol. The van der Waals surface area contributed by atoms with Crippen LogP contribution in [0, 0.1) is 56.8 Å². The van der Waals surface area contributed by atoms with E-state index in [0.717, 1.165) is 24.8 Å². The Balaban J connectivity index is 1.70. The minimum absolute atomic E-state index is 0.0192. The second-order valence-electron chi connectivity index (χ2n) is 15.4. The molecule has 1 unspecified atom stereocenters. The van der Waals surface area contributed by atoms with Crippen molar-refractivity contribution in [3.8, 4) is 0 Å². The van der Waals surface area contributed by atoms with Gasteiger partial charge in [0, 0.05) is 29.1 Å². The lowest BCUT2D eigenvalue weighted by Gasteiger charge is -2.69. The smallest absolute Gasteiger partial charge is 0.312 e. The first kappa shape index (κ1) is 27.6. The number of aliphatic hydroxyl groups excluding tert-OH is 1. The lowest BCUT2D eigenvalue weighted by Crippen LogP contribution is -2.69. The van der Waals surface area contributed by atoms with Crippen molar-refractivity contribution in [2.75, 3.05) is 7.11 Å². The molecule has 0 aromatic carbocycles. The van der Waals surface area contributed by atoms with Gasteiger partial charge >= 0.3 is 5.97 Å². The van der Waals surface area contributed by atoms with Crippen molar-refractivity contribution in [2.45, 2.75) is 106 Å². The van der Waals surface area contributed by atoms with Crippen molar-refractivity contribution < 1.29 is 24.2 Å². The summed E-state index contributed by atoms with van der Waals surface area (Å²) in [7, 11) is 1.46. The summed E-state index contributed by atoms with van der Waals surface area (Å²) in [6.07, 6.45) is 5.74. The van der Waals surface area contributed by atoms with Gasteiger partial charge in [0.25, 0.3) is 6.04 Å². The number of methoxy groups -OCH3 is 1. The number of ether oxygens (including phenoxy) is 1. The number of aliphatic hydroxyl groups is 1.